The lowest BCUT2D eigenvalue weighted by molar-refractivity contribution is -0.273. The molecule has 4 heteroatoms. The van der Waals surface area contributed by atoms with Gasteiger partial charge in [0.25, 0.3) is 0 Å². The lowest BCUT2D eigenvalue weighted by atomic mass is 9.31. The normalized spacial score (nSPS) is 42.5. The summed E-state index contributed by atoms with van der Waals surface area (Å²) in [7, 11) is 0. The molecule has 12 unspecified atom stereocenters. The zero-order chi connectivity index (χ0) is 38.0. The van der Waals surface area contributed by atoms with E-state index in [9.17, 15) is 15.0 Å². The predicted molar refractivity (Wildman–Crippen MR) is 217 cm³/mol. The summed E-state index contributed by atoms with van der Waals surface area (Å²) in [6, 6.07) is 0. The maximum Gasteiger partial charge on any atom is 0.306 e. The standard InChI is InChI=1S/C48H84O4/c1-10-11-12-13-14-15-16-17-18-19-20-21-22-23-24-25-42(51)52-41-29-30-45(6)38(44(41,4)5)28-31-47(8)39(45)27-26-36-43-35(3)34(2)37(49)32-46(43,7)40(50)33-48(36,47)9/h35-41,43,49-50H,2,10-33H2,1,3-9H3. The summed E-state index contributed by atoms with van der Waals surface area (Å²) in [6.07, 6.45) is 28.1. The van der Waals surface area contributed by atoms with Crippen molar-refractivity contribution in [3.63, 3.8) is 0 Å². The van der Waals surface area contributed by atoms with Gasteiger partial charge in [0.2, 0.25) is 0 Å². The molecule has 4 nitrogen and oxygen atoms in total. The number of hydrogen-bond acceptors (Lipinski definition) is 4. The number of esters is 1. The van der Waals surface area contributed by atoms with E-state index in [1.54, 1.807) is 0 Å². The molecule has 0 radical (unpaired) electrons. The first-order valence-electron chi connectivity index (χ1n) is 22.8. The van der Waals surface area contributed by atoms with Crippen molar-refractivity contribution >= 4 is 5.97 Å². The first kappa shape index (κ1) is 42.3. The highest BCUT2D eigenvalue weighted by molar-refractivity contribution is 5.69. The van der Waals surface area contributed by atoms with Gasteiger partial charge >= 0.3 is 5.97 Å². The molecular formula is C48H84O4. The van der Waals surface area contributed by atoms with Crippen LogP contribution in [0.25, 0.3) is 0 Å². The molecule has 0 aliphatic heterocycles. The summed E-state index contributed by atoms with van der Waals surface area (Å²) in [4.78, 5) is 13.2. The lowest BCUT2D eigenvalue weighted by Gasteiger charge is -2.74. The second kappa shape index (κ2) is 17.1. The van der Waals surface area contributed by atoms with Crippen LogP contribution in [-0.4, -0.2) is 34.5 Å². The minimum absolute atomic E-state index is 0.00318. The molecule has 0 bridgehead atoms. The van der Waals surface area contributed by atoms with E-state index in [0.717, 1.165) is 37.7 Å². The molecule has 5 rings (SSSR count). The van der Waals surface area contributed by atoms with E-state index in [1.807, 2.05) is 0 Å². The quantitative estimate of drug-likeness (QED) is 0.0890. The number of ether oxygens (including phenoxy) is 1. The van der Waals surface area contributed by atoms with Gasteiger partial charge in [0.15, 0.2) is 0 Å². The van der Waals surface area contributed by atoms with Gasteiger partial charge in [0.05, 0.1) is 12.2 Å². The highest BCUT2D eigenvalue weighted by atomic mass is 16.5. The SMILES string of the molecule is C=C1C(O)CC2(C)C(O)CC3(C)C(CCC4C5(C)CCC(OC(=O)CCCCCCCCCCCCCCCCC)C(C)(C)C5CCC43C)C2C1C. The van der Waals surface area contributed by atoms with Crippen LogP contribution in [0.4, 0.5) is 0 Å². The fourth-order valence-electron chi connectivity index (χ4n) is 14.6. The van der Waals surface area contributed by atoms with E-state index < -0.39 is 12.2 Å². The first-order chi connectivity index (χ1) is 24.6. The van der Waals surface area contributed by atoms with Gasteiger partial charge in [0, 0.05) is 11.8 Å². The highest BCUT2D eigenvalue weighted by Gasteiger charge is 2.71. The molecule has 5 fully saturated rings. The van der Waals surface area contributed by atoms with Gasteiger partial charge in [-0.05, 0) is 115 Å². The minimum Gasteiger partial charge on any atom is -0.462 e. The van der Waals surface area contributed by atoms with Gasteiger partial charge in [0.1, 0.15) is 6.10 Å². The fourth-order valence-corrected chi connectivity index (χ4v) is 14.6. The van der Waals surface area contributed by atoms with E-state index in [-0.39, 0.29) is 45.1 Å². The summed E-state index contributed by atoms with van der Waals surface area (Å²) in [5.41, 5.74) is 1.07. The molecule has 0 spiro atoms. The smallest absolute Gasteiger partial charge is 0.306 e. The zero-order valence-electron chi connectivity index (χ0n) is 35.5. The zero-order valence-corrected chi connectivity index (χ0v) is 35.5. The monoisotopic (exact) mass is 725 g/mol. The van der Waals surface area contributed by atoms with E-state index in [0.29, 0.717) is 36.5 Å². The third-order valence-electron chi connectivity index (χ3n) is 17.9. The molecule has 0 aromatic heterocycles. The third-order valence-corrected chi connectivity index (χ3v) is 17.9. The molecule has 0 saturated heterocycles. The van der Waals surface area contributed by atoms with Crippen molar-refractivity contribution in [3.8, 4) is 0 Å². The molecule has 2 N–H and O–H groups in total. The summed E-state index contributed by atoms with van der Waals surface area (Å²) in [5, 5.41) is 22.9. The molecule has 0 heterocycles. The topological polar surface area (TPSA) is 66.8 Å². The number of rotatable bonds is 17. The van der Waals surface area contributed by atoms with Gasteiger partial charge in [-0.25, -0.2) is 0 Å². The fraction of sp³-hybridized carbons (Fsp3) is 0.938. The first-order valence-corrected chi connectivity index (χ1v) is 22.8. The Balaban J connectivity index is 1.09. The van der Waals surface area contributed by atoms with Crippen LogP contribution in [-0.2, 0) is 9.53 Å². The van der Waals surface area contributed by atoms with Crippen molar-refractivity contribution in [2.75, 3.05) is 0 Å². The van der Waals surface area contributed by atoms with Gasteiger partial charge in [-0.3, -0.25) is 4.79 Å². The Morgan fingerprint density at radius 2 is 1.25 bits per heavy atom. The summed E-state index contributed by atoms with van der Waals surface area (Å²) in [5.74, 6) is 2.26. The number of unbranched alkanes of at least 4 members (excludes halogenated alkanes) is 14. The maximum absolute atomic E-state index is 13.2. The number of fused-ring (bicyclic) bond motifs is 7. The van der Waals surface area contributed by atoms with Crippen LogP contribution in [0.5, 0.6) is 0 Å². The summed E-state index contributed by atoms with van der Waals surface area (Å²) < 4.78 is 6.40. The molecule has 0 aromatic rings. The molecule has 0 amide bonds. The lowest BCUT2D eigenvalue weighted by Crippen LogP contribution is -2.69. The average Bonchev–Trinajstić information content (AvgIpc) is 3.08. The van der Waals surface area contributed by atoms with Gasteiger partial charge < -0.3 is 14.9 Å². The van der Waals surface area contributed by atoms with E-state index >= 15 is 0 Å². The molecule has 5 aliphatic rings. The highest BCUT2D eigenvalue weighted by Crippen LogP contribution is 2.77. The summed E-state index contributed by atoms with van der Waals surface area (Å²) >= 11 is 0. The van der Waals surface area contributed by atoms with Crippen LogP contribution >= 0.6 is 0 Å². The van der Waals surface area contributed by atoms with Gasteiger partial charge in [-0.2, -0.15) is 0 Å². The summed E-state index contributed by atoms with van der Waals surface area (Å²) in [6.45, 7) is 23.8. The van der Waals surface area contributed by atoms with Crippen LogP contribution in [0, 0.1) is 56.7 Å². The Hall–Kier alpha value is -0.870. The second-order valence-corrected chi connectivity index (χ2v) is 21.0. The van der Waals surface area contributed by atoms with Crippen molar-refractivity contribution in [3.05, 3.63) is 12.2 Å². The molecule has 12 atom stereocenters. The Kier molecular flexibility index (Phi) is 13.9. The molecular weight excluding hydrogens is 641 g/mol. The number of aliphatic hydroxyl groups is 2. The van der Waals surface area contributed by atoms with Crippen LogP contribution in [0.2, 0.25) is 0 Å². The Labute approximate surface area is 321 Å². The van der Waals surface area contributed by atoms with Crippen LogP contribution in [0.1, 0.15) is 209 Å². The predicted octanol–water partition coefficient (Wildman–Crippen LogP) is 12.8. The van der Waals surface area contributed by atoms with Crippen LogP contribution in [0.3, 0.4) is 0 Å². The van der Waals surface area contributed by atoms with Crippen LogP contribution < -0.4 is 0 Å². The Morgan fingerprint density at radius 1 is 0.692 bits per heavy atom. The van der Waals surface area contributed by atoms with E-state index in [4.69, 9.17) is 4.74 Å². The Morgan fingerprint density at radius 3 is 1.83 bits per heavy atom. The molecule has 0 aromatic carbocycles. The number of aliphatic hydroxyl groups excluding tert-OH is 2. The molecule has 5 saturated carbocycles. The molecule has 300 valence electrons. The average molecular weight is 725 g/mol. The van der Waals surface area contributed by atoms with Crippen molar-refractivity contribution in [2.45, 2.75) is 228 Å². The molecule has 52 heavy (non-hydrogen) atoms. The second-order valence-electron chi connectivity index (χ2n) is 21.0. The number of hydrogen-bond donors (Lipinski definition) is 2. The number of carbonyl (C=O) groups excluding carboxylic acids is 1. The van der Waals surface area contributed by atoms with E-state index in [2.05, 4.69) is 62.0 Å². The van der Waals surface area contributed by atoms with Crippen molar-refractivity contribution in [2.24, 2.45) is 56.7 Å². The minimum atomic E-state index is -0.507. The van der Waals surface area contributed by atoms with Crippen molar-refractivity contribution in [1.29, 1.82) is 0 Å². The van der Waals surface area contributed by atoms with Gasteiger partial charge in [-0.15, -0.1) is 0 Å². The Bertz CT molecular complexity index is 1190. The van der Waals surface area contributed by atoms with Crippen molar-refractivity contribution in [1.82, 2.24) is 0 Å². The third kappa shape index (κ3) is 7.89. The van der Waals surface area contributed by atoms with E-state index in [1.165, 1.54) is 109 Å². The number of carbonyl (C=O) groups is 1. The van der Waals surface area contributed by atoms with Crippen molar-refractivity contribution < 1.29 is 19.7 Å². The van der Waals surface area contributed by atoms with Gasteiger partial charge in [-0.1, -0.05) is 152 Å². The molecule has 5 aliphatic carbocycles. The maximum atomic E-state index is 13.2. The largest absolute Gasteiger partial charge is 0.462 e. The van der Waals surface area contributed by atoms with Crippen LogP contribution in [0.15, 0.2) is 12.2 Å².